The summed E-state index contributed by atoms with van der Waals surface area (Å²) in [6.45, 7) is 2.36. The van der Waals surface area contributed by atoms with Crippen molar-refractivity contribution in [3.05, 3.63) is 76.9 Å². The van der Waals surface area contributed by atoms with Gasteiger partial charge in [0, 0.05) is 13.0 Å². The van der Waals surface area contributed by atoms with Crippen molar-refractivity contribution in [2.45, 2.75) is 19.9 Å². The molecule has 2 N–H and O–H groups in total. The van der Waals surface area contributed by atoms with E-state index in [0.717, 1.165) is 22.6 Å². The lowest BCUT2D eigenvalue weighted by Gasteiger charge is -2.08. The Balaban J connectivity index is 2.00. The zero-order valence-corrected chi connectivity index (χ0v) is 12.3. The highest BCUT2D eigenvalue weighted by molar-refractivity contribution is 5.37. The minimum absolute atomic E-state index is 0.243. The molecule has 0 fully saturated rings. The van der Waals surface area contributed by atoms with Crippen LogP contribution in [0.4, 0.5) is 4.39 Å². The standard InChI is InChI=1S/C17H17FN4/c1-12-2-8-15(9-3-12)22-17(16(11-19)20-21-22)10-13-4-6-14(18)7-5-13/h2-9H,10-11,19H2,1H3. The molecule has 0 atom stereocenters. The Hall–Kier alpha value is -2.53. The smallest absolute Gasteiger partial charge is 0.123 e. The molecule has 3 rings (SSSR count). The van der Waals surface area contributed by atoms with Crippen LogP contribution < -0.4 is 5.73 Å². The van der Waals surface area contributed by atoms with Crippen LogP contribution in [0, 0.1) is 12.7 Å². The first-order chi connectivity index (χ1) is 10.7. The number of rotatable bonds is 4. The van der Waals surface area contributed by atoms with Crippen LogP contribution in [0.3, 0.4) is 0 Å². The molecule has 0 amide bonds. The molecule has 5 heteroatoms. The van der Waals surface area contributed by atoms with E-state index in [4.69, 9.17) is 5.73 Å². The Bertz CT molecular complexity index is 760. The molecule has 0 saturated carbocycles. The third-order valence-electron chi connectivity index (χ3n) is 3.60. The maximum Gasteiger partial charge on any atom is 0.123 e. The number of nitrogens with two attached hydrogens (primary N) is 1. The quantitative estimate of drug-likeness (QED) is 0.805. The topological polar surface area (TPSA) is 56.7 Å². The molecule has 0 bridgehead atoms. The van der Waals surface area contributed by atoms with Gasteiger partial charge in [0.2, 0.25) is 0 Å². The average molecular weight is 296 g/mol. The van der Waals surface area contributed by atoms with E-state index >= 15 is 0 Å². The summed E-state index contributed by atoms with van der Waals surface area (Å²) >= 11 is 0. The number of nitrogens with zero attached hydrogens (tertiary/aromatic N) is 3. The van der Waals surface area contributed by atoms with Gasteiger partial charge in [-0.1, -0.05) is 35.0 Å². The molecule has 0 saturated heterocycles. The molecular formula is C17H17FN4. The summed E-state index contributed by atoms with van der Waals surface area (Å²) in [5, 5.41) is 8.37. The van der Waals surface area contributed by atoms with Gasteiger partial charge in [-0.15, -0.1) is 5.10 Å². The summed E-state index contributed by atoms with van der Waals surface area (Å²) in [7, 11) is 0. The molecule has 0 radical (unpaired) electrons. The molecule has 2 aromatic carbocycles. The fourth-order valence-electron chi connectivity index (χ4n) is 2.36. The molecule has 0 aliphatic carbocycles. The molecule has 3 aromatic rings. The summed E-state index contributed by atoms with van der Waals surface area (Å²) in [4.78, 5) is 0. The van der Waals surface area contributed by atoms with Crippen molar-refractivity contribution in [1.82, 2.24) is 15.0 Å². The predicted molar refractivity (Wildman–Crippen MR) is 83.2 cm³/mol. The van der Waals surface area contributed by atoms with Gasteiger partial charge in [-0.25, -0.2) is 9.07 Å². The van der Waals surface area contributed by atoms with Gasteiger partial charge in [0.05, 0.1) is 11.4 Å². The second kappa shape index (κ2) is 6.07. The summed E-state index contributed by atoms with van der Waals surface area (Å²) in [5.41, 5.74) is 10.6. The molecule has 0 aliphatic heterocycles. The van der Waals surface area contributed by atoms with Gasteiger partial charge in [0.25, 0.3) is 0 Å². The zero-order chi connectivity index (χ0) is 15.5. The van der Waals surface area contributed by atoms with Gasteiger partial charge in [-0.3, -0.25) is 0 Å². The molecule has 22 heavy (non-hydrogen) atoms. The van der Waals surface area contributed by atoms with Crippen molar-refractivity contribution >= 4 is 0 Å². The Labute approximate surface area is 128 Å². The number of aromatic nitrogens is 3. The molecular weight excluding hydrogens is 279 g/mol. The van der Waals surface area contributed by atoms with E-state index in [0.29, 0.717) is 13.0 Å². The second-order valence-electron chi connectivity index (χ2n) is 5.24. The molecule has 1 heterocycles. The molecule has 0 aliphatic rings. The maximum atomic E-state index is 13.0. The van der Waals surface area contributed by atoms with Crippen molar-refractivity contribution in [3.8, 4) is 5.69 Å². The highest BCUT2D eigenvalue weighted by Crippen LogP contribution is 2.18. The Kier molecular flexibility index (Phi) is 3.98. The van der Waals surface area contributed by atoms with Crippen LogP contribution >= 0.6 is 0 Å². The number of benzene rings is 2. The minimum Gasteiger partial charge on any atom is -0.325 e. The van der Waals surface area contributed by atoms with Crippen LogP contribution in [-0.2, 0) is 13.0 Å². The van der Waals surface area contributed by atoms with Crippen molar-refractivity contribution < 1.29 is 4.39 Å². The lowest BCUT2D eigenvalue weighted by atomic mass is 10.1. The molecule has 1 aromatic heterocycles. The lowest BCUT2D eigenvalue weighted by Crippen LogP contribution is -2.07. The summed E-state index contributed by atoms with van der Waals surface area (Å²) in [6.07, 6.45) is 0.605. The van der Waals surface area contributed by atoms with Crippen LogP contribution in [-0.4, -0.2) is 15.0 Å². The van der Waals surface area contributed by atoms with E-state index in [-0.39, 0.29) is 5.82 Å². The van der Waals surface area contributed by atoms with Crippen LogP contribution in [0.15, 0.2) is 48.5 Å². The maximum absolute atomic E-state index is 13.0. The van der Waals surface area contributed by atoms with E-state index in [2.05, 4.69) is 10.3 Å². The van der Waals surface area contributed by atoms with Crippen LogP contribution in [0.25, 0.3) is 5.69 Å². The lowest BCUT2D eigenvalue weighted by molar-refractivity contribution is 0.627. The van der Waals surface area contributed by atoms with Crippen molar-refractivity contribution in [3.63, 3.8) is 0 Å². The van der Waals surface area contributed by atoms with Gasteiger partial charge in [-0.2, -0.15) is 0 Å². The van der Waals surface area contributed by atoms with E-state index < -0.39 is 0 Å². The highest BCUT2D eigenvalue weighted by atomic mass is 19.1. The number of hydrogen-bond acceptors (Lipinski definition) is 3. The summed E-state index contributed by atoms with van der Waals surface area (Å²) in [6, 6.07) is 14.5. The van der Waals surface area contributed by atoms with E-state index in [9.17, 15) is 4.39 Å². The third-order valence-corrected chi connectivity index (χ3v) is 3.60. The first-order valence-electron chi connectivity index (χ1n) is 7.12. The fourth-order valence-corrected chi connectivity index (χ4v) is 2.36. The average Bonchev–Trinajstić information content (AvgIpc) is 2.93. The van der Waals surface area contributed by atoms with Gasteiger partial charge in [-0.05, 0) is 36.8 Å². The summed E-state index contributed by atoms with van der Waals surface area (Å²) < 4.78 is 14.8. The van der Waals surface area contributed by atoms with Crippen molar-refractivity contribution in [1.29, 1.82) is 0 Å². The van der Waals surface area contributed by atoms with Gasteiger partial charge < -0.3 is 5.73 Å². The monoisotopic (exact) mass is 296 g/mol. The summed E-state index contributed by atoms with van der Waals surface area (Å²) in [5.74, 6) is -0.243. The second-order valence-corrected chi connectivity index (χ2v) is 5.24. The third kappa shape index (κ3) is 2.89. The number of halogens is 1. The first-order valence-corrected chi connectivity index (χ1v) is 7.12. The van der Waals surface area contributed by atoms with Gasteiger partial charge in [0.15, 0.2) is 0 Å². The van der Waals surface area contributed by atoms with Crippen LogP contribution in [0.1, 0.15) is 22.5 Å². The number of hydrogen-bond donors (Lipinski definition) is 1. The van der Waals surface area contributed by atoms with Crippen LogP contribution in [0.2, 0.25) is 0 Å². The fraction of sp³-hybridized carbons (Fsp3) is 0.176. The first kappa shape index (κ1) is 14.4. The van der Waals surface area contributed by atoms with Gasteiger partial charge >= 0.3 is 0 Å². The Morgan fingerprint density at radius 1 is 1.05 bits per heavy atom. The predicted octanol–water partition coefficient (Wildman–Crippen LogP) is 2.76. The van der Waals surface area contributed by atoms with Crippen LogP contribution in [0.5, 0.6) is 0 Å². The Morgan fingerprint density at radius 3 is 2.36 bits per heavy atom. The SMILES string of the molecule is Cc1ccc(-n2nnc(CN)c2Cc2ccc(F)cc2)cc1. The zero-order valence-electron chi connectivity index (χ0n) is 12.3. The van der Waals surface area contributed by atoms with Crippen molar-refractivity contribution in [2.75, 3.05) is 0 Å². The van der Waals surface area contributed by atoms with Crippen molar-refractivity contribution in [2.24, 2.45) is 5.73 Å². The molecule has 4 nitrogen and oxygen atoms in total. The van der Waals surface area contributed by atoms with E-state index in [1.165, 1.54) is 17.7 Å². The molecule has 0 spiro atoms. The number of aryl methyl sites for hydroxylation is 1. The highest BCUT2D eigenvalue weighted by Gasteiger charge is 2.13. The largest absolute Gasteiger partial charge is 0.325 e. The Morgan fingerprint density at radius 2 is 1.73 bits per heavy atom. The minimum atomic E-state index is -0.243. The molecule has 112 valence electrons. The normalized spacial score (nSPS) is 10.9. The van der Waals surface area contributed by atoms with E-state index in [1.54, 1.807) is 16.8 Å². The van der Waals surface area contributed by atoms with Gasteiger partial charge in [0.1, 0.15) is 11.5 Å². The molecule has 0 unspecified atom stereocenters. The van der Waals surface area contributed by atoms with E-state index in [1.807, 2.05) is 31.2 Å².